The Bertz CT molecular complexity index is 1050. The average Bonchev–Trinajstić information content (AvgIpc) is 2.53. The van der Waals surface area contributed by atoms with Crippen molar-refractivity contribution in [2.24, 2.45) is 4.99 Å². The number of ketones is 1. The number of nitrogens with zero attached hydrogens (tertiary/aromatic N) is 4. The van der Waals surface area contributed by atoms with Crippen LogP contribution in [0.25, 0.3) is 0 Å². The zero-order chi connectivity index (χ0) is 21.1. The summed E-state index contributed by atoms with van der Waals surface area (Å²) in [5.74, 6) is -1.49. The van der Waals surface area contributed by atoms with Gasteiger partial charge in [-0.3, -0.25) is 14.3 Å². The van der Waals surface area contributed by atoms with Crippen molar-refractivity contribution in [2.75, 3.05) is 12.4 Å². The van der Waals surface area contributed by atoms with E-state index in [0.29, 0.717) is 0 Å². The fourth-order valence-corrected chi connectivity index (χ4v) is 3.01. The second kappa shape index (κ2) is 10.5. The SMILES string of the molecule is COc1cc(Nc2nc(Cl)nc(Cl)n2)c(S(=O)(=O)O)cc1N=C([O-])CC(C)=O.[Na+]. The Morgan fingerprint density at radius 3 is 2.34 bits per heavy atom. The molecule has 2 N–H and O–H groups in total. The van der Waals surface area contributed by atoms with E-state index < -0.39 is 33.1 Å². The molecule has 0 amide bonds. The molecular formula is C14H12Cl2N5NaO6S. The molecule has 0 aliphatic heterocycles. The van der Waals surface area contributed by atoms with Gasteiger partial charge in [0.2, 0.25) is 16.5 Å². The summed E-state index contributed by atoms with van der Waals surface area (Å²) in [5, 5.41) is 13.8. The first-order chi connectivity index (χ1) is 13.0. The van der Waals surface area contributed by atoms with E-state index in [2.05, 4.69) is 25.3 Å². The Labute approximate surface area is 197 Å². The zero-order valence-corrected chi connectivity index (χ0v) is 19.6. The van der Waals surface area contributed by atoms with Crippen molar-refractivity contribution in [3.63, 3.8) is 0 Å². The van der Waals surface area contributed by atoms with Gasteiger partial charge in [0.1, 0.15) is 22.1 Å². The largest absolute Gasteiger partial charge is 1.00 e. The summed E-state index contributed by atoms with van der Waals surface area (Å²) in [6.45, 7) is 1.20. The van der Waals surface area contributed by atoms with Gasteiger partial charge in [-0.2, -0.15) is 23.4 Å². The molecule has 1 aromatic heterocycles. The van der Waals surface area contributed by atoms with Gasteiger partial charge in [-0.05, 0) is 42.1 Å². The first-order valence-electron chi connectivity index (χ1n) is 7.27. The van der Waals surface area contributed by atoms with Gasteiger partial charge in [0.25, 0.3) is 10.1 Å². The van der Waals surface area contributed by atoms with Crippen LogP contribution in [0, 0.1) is 0 Å². The number of methoxy groups -OCH3 is 1. The Hall–Kier alpha value is -1.54. The van der Waals surface area contributed by atoms with Crippen LogP contribution in [-0.4, -0.2) is 46.7 Å². The van der Waals surface area contributed by atoms with Gasteiger partial charge < -0.3 is 15.2 Å². The summed E-state index contributed by atoms with van der Waals surface area (Å²) in [4.78, 5) is 25.0. The molecule has 1 heterocycles. The molecule has 0 unspecified atom stereocenters. The third kappa shape index (κ3) is 7.33. The maximum absolute atomic E-state index is 11.8. The van der Waals surface area contributed by atoms with Crippen molar-refractivity contribution in [2.45, 2.75) is 18.2 Å². The van der Waals surface area contributed by atoms with Crippen LogP contribution < -0.4 is 44.7 Å². The van der Waals surface area contributed by atoms with Gasteiger partial charge in [0, 0.05) is 12.5 Å². The third-order valence-corrected chi connectivity index (χ3v) is 4.26. The normalized spacial score (nSPS) is 11.6. The summed E-state index contributed by atoms with van der Waals surface area (Å²) >= 11 is 11.3. The Morgan fingerprint density at radius 1 is 1.28 bits per heavy atom. The van der Waals surface area contributed by atoms with Crippen LogP contribution in [0.5, 0.6) is 5.75 Å². The molecule has 15 heteroatoms. The smallest absolute Gasteiger partial charge is 0.861 e. The molecule has 0 bridgehead atoms. The molecule has 0 aliphatic carbocycles. The number of halogens is 2. The fraction of sp³-hybridized carbons (Fsp3) is 0.214. The number of aliphatic imine (C=N–C) groups is 1. The second-order valence-electron chi connectivity index (χ2n) is 5.20. The number of hydrogen-bond acceptors (Lipinski definition) is 10. The first-order valence-corrected chi connectivity index (χ1v) is 9.47. The van der Waals surface area contributed by atoms with Crippen LogP contribution in [0.1, 0.15) is 13.3 Å². The summed E-state index contributed by atoms with van der Waals surface area (Å²) in [6.07, 6.45) is -0.480. The van der Waals surface area contributed by atoms with Crippen molar-refractivity contribution in [3.8, 4) is 5.75 Å². The van der Waals surface area contributed by atoms with E-state index in [0.717, 1.165) is 12.1 Å². The first kappa shape index (κ1) is 25.5. The number of anilines is 2. The van der Waals surface area contributed by atoms with Crippen molar-refractivity contribution >= 4 is 62.3 Å². The minimum atomic E-state index is -4.77. The van der Waals surface area contributed by atoms with Gasteiger partial charge in [-0.15, -0.1) is 0 Å². The molecule has 0 aliphatic rings. The molecular weight excluding hydrogens is 460 g/mol. The van der Waals surface area contributed by atoms with Crippen LogP contribution >= 0.6 is 23.2 Å². The standard InChI is InChI=1S/C14H13Cl2N5O6S.Na/c1-6(22)3-11(23)17-7-5-10(28(24,25)26)8(4-9(7)27-2)18-14-20-12(15)19-13(16)21-14;/h4-5H,3H2,1-2H3,(H,17,23)(H,24,25,26)(H,18,19,20,21);/q;+1/p-1. The maximum Gasteiger partial charge on any atom is 1.00 e. The van der Waals surface area contributed by atoms with E-state index in [1.165, 1.54) is 14.0 Å². The third-order valence-electron chi connectivity index (χ3n) is 3.03. The van der Waals surface area contributed by atoms with Crippen molar-refractivity contribution in [1.82, 2.24) is 15.0 Å². The molecule has 1 aromatic carbocycles. The summed E-state index contributed by atoms with van der Waals surface area (Å²) in [6, 6.07) is 2.02. The van der Waals surface area contributed by atoms with Gasteiger partial charge in [0.05, 0.1) is 12.8 Å². The molecule has 150 valence electrons. The summed E-state index contributed by atoms with van der Waals surface area (Å²) in [5.41, 5.74) is -0.422. The molecule has 0 spiro atoms. The molecule has 2 rings (SSSR count). The Balaban J connectivity index is 0.00000420. The van der Waals surface area contributed by atoms with E-state index in [1.54, 1.807) is 0 Å². The van der Waals surface area contributed by atoms with Crippen LogP contribution in [0.3, 0.4) is 0 Å². The molecule has 0 fully saturated rings. The van der Waals surface area contributed by atoms with E-state index >= 15 is 0 Å². The Morgan fingerprint density at radius 2 is 1.86 bits per heavy atom. The van der Waals surface area contributed by atoms with Crippen LogP contribution in [0.2, 0.25) is 10.6 Å². The molecule has 2 aromatic rings. The average molecular weight is 472 g/mol. The summed E-state index contributed by atoms with van der Waals surface area (Å²) < 4.78 is 38.2. The van der Waals surface area contributed by atoms with E-state index in [4.69, 9.17) is 27.9 Å². The molecule has 11 nitrogen and oxygen atoms in total. The minimum Gasteiger partial charge on any atom is -0.861 e. The Kier molecular flexibility index (Phi) is 9.21. The number of aromatic nitrogens is 3. The fourth-order valence-electron chi connectivity index (χ4n) is 2.00. The quantitative estimate of drug-likeness (QED) is 0.211. The van der Waals surface area contributed by atoms with Crippen LogP contribution in [0.4, 0.5) is 17.3 Å². The number of nitrogens with one attached hydrogen (secondary N) is 1. The van der Waals surface area contributed by atoms with Gasteiger partial charge >= 0.3 is 29.6 Å². The maximum atomic E-state index is 11.8. The van der Waals surface area contributed by atoms with Crippen molar-refractivity contribution in [3.05, 3.63) is 22.7 Å². The predicted octanol–water partition coefficient (Wildman–Crippen LogP) is -1.45. The topological polar surface area (TPSA) is 167 Å². The van der Waals surface area contributed by atoms with Gasteiger partial charge in [0.15, 0.2) is 0 Å². The van der Waals surface area contributed by atoms with Crippen molar-refractivity contribution < 1.29 is 57.2 Å². The van der Waals surface area contributed by atoms with Gasteiger partial charge in [-0.1, -0.05) is 0 Å². The molecule has 0 radical (unpaired) electrons. The van der Waals surface area contributed by atoms with E-state index in [9.17, 15) is 22.9 Å². The van der Waals surface area contributed by atoms with E-state index in [1.807, 2.05) is 0 Å². The second-order valence-corrected chi connectivity index (χ2v) is 7.27. The molecule has 0 saturated carbocycles. The molecule has 0 atom stereocenters. The number of rotatable bonds is 7. The van der Waals surface area contributed by atoms with E-state index in [-0.39, 0.29) is 63.2 Å². The minimum absolute atomic E-state index is 0. The van der Waals surface area contributed by atoms with Crippen molar-refractivity contribution in [1.29, 1.82) is 0 Å². The predicted molar refractivity (Wildman–Crippen MR) is 98.3 cm³/mol. The number of hydrogen-bond donors (Lipinski definition) is 2. The zero-order valence-electron chi connectivity index (χ0n) is 15.3. The van der Waals surface area contributed by atoms with Gasteiger partial charge in [-0.25, -0.2) is 0 Å². The summed E-state index contributed by atoms with van der Waals surface area (Å²) in [7, 11) is -3.53. The molecule has 29 heavy (non-hydrogen) atoms. The number of ether oxygens (including phenoxy) is 1. The molecule has 0 saturated heterocycles. The van der Waals surface area contributed by atoms with Crippen LogP contribution in [-0.2, 0) is 14.9 Å². The monoisotopic (exact) mass is 471 g/mol. The number of carbonyl (C=O) groups excluding carboxylic acids is 1. The van der Waals surface area contributed by atoms with Crippen LogP contribution in [0.15, 0.2) is 22.0 Å². The number of benzene rings is 1. The number of carbonyl (C=O) groups is 1. The number of Topliss-reactive ketones (excluding diaryl/α,β-unsaturated/α-hetero) is 1.